The highest BCUT2D eigenvalue weighted by Crippen LogP contribution is 2.19. The first kappa shape index (κ1) is 19.3. The molecular formula is C25H26N6. The van der Waals surface area contributed by atoms with Crippen molar-refractivity contribution in [2.24, 2.45) is 0 Å². The lowest BCUT2D eigenvalue weighted by molar-refractivity contribution is 0.315. The molecule has 0 N–H and O–H groups in total. The van der Waals surface area contributed by atoms with E-state index in [9.17, 15) is 0 Å². The molecule has 2 aromatic heterocycles. The summed E-state index contributed by atoms with van der Waals surface area (Å²) in [6.07, 6.45) is 3.50. The number of fused-ring (bicyclic) bond motifs is 1. The smallest absolute Gasteiger partial charge is 0.177 e. The number of benzene rings is 2. The highest BCUT2D eigenvalue weighted by molar-refractivity contribution is 5.45. The standard InChI is InChI=1S/C25H26N6/c1-20(17-22-7-9-23(10-8-22)18-21-5-3-2-4-6-21)29-13-15-30(16-14-29)25-12-11-24-27-26-19-31(24)28-25/h2-12,19H,1,13-18H2. The molecule has 156 valence electrons. The quantitative estimate of drug-likeness (QED) is 0.486. The Kier molecular flexibility index (Phi) is 5.35. The monoisotopic (exact) mass is 410 g/mol. The molecule has 0 amide bonds. The summed E-state index contributed by atoms with van der Waals surface area (Å²) in [5.74, 6) is 0.964. The average Bonchev–Trinajstić information content (AvgIpc) is 3.29. The van der Waals surface area contributed by atoms with Gasteiger partial charge in [0.1, 0.15) is 12.1 Å². The third kappa shape index (κ3) is 4.43. The Morgan fingerprint density at radius 1 is 0.806 bits per heavy atom. The van der Waals surface area contributed by atoms with Crippen LogP contribution in [0.5, 0.6) is 0 Å². The lowest BCUT2D eigenvalue weighted by Crippen LogP contribution is -2.46. The van der Waals surface area contributed by atoms with Gasteiger partial charge in [0.15, 0.2) is 5.65 Å². The number of aromatic nitrogens is 4. The number of hydrogen-bond donors (Lipinski definition) is 0. The van der Waals surface area contributed by atoms with Gasteiger partial charge in [-0.25, -0.2) is 0 Å². The summed E-state index contributed by atoms with van der Waals surface area (Å²) < 4.78 is 1.72. The van der Waals surface area contributed by atoms with Gasteiger partial charge in [-0.1, -0.05) is 61.2 Å². The summed E-state index contributed by atoms with van der Waals surface area (Å²) in [5, 5.41) is 12.5. The highest BCUT2D eigenvalue weighted by atomic mass is 15.4. The van der Waals surface area contributed by atoms with Crippen LogP contribution in [0.1, 0.15) is 16.7 Å². The van der Waals surface area contributed by atoms with E-state index in [1.165, 1.54) is 22.4 Å². The Balaban J connectivity index is 1.15. The topological polar surface area (TPSA) is 49.6 Å². The first-order valence-corrected chi connectivity index (χ1v) is 10.7. The van der Waals surface area contributed by atoms with Crippen molar-refractivity contribution in [3.8, 4) is 0 Å². The number of allylic oxidation sites excluding steroid dienone is 1. The molecule has 6 heteroatoms. The molecule has 0 radical (unpaired) electrons. The van der Waals surface area contributed by atoms with Crippen LogP contribution in [0.15, 0.2) is 85.3 Å². The van der Waals surface area contributed by atoms with Gasteiger partial charge in [-0.15, -0.1) is 15.3 Å². The Labute approximate surface area is 182 Å². The van der Waals surface area contributed by atoms with Crippen LogP contribution in [0.4, 0.5) is 5.82 Å². The van der Waals surface area contributed by atoms with Crippen LogP contribution in [-0.4, -0.2) is 50.9 Å². The zero-order valence-corrected chi connectivity index (χ0v) is 17.6. The Bertz CT molecular complexity index is 1160. The molecule has 2 aromatic carbocycles. The zero-order valence-electron chi connectivity index (χ0n) is 17.6. The van der Waals surface area contributed by atoms with Crippen LogP contribution in [0.2, 0.25) is 0 Å². The van der Waals surface area contributed by atoms with Crippen LogP contribution >= 0.6 is 0 Å². The molecule has 3 heterocycles. The molecule has 0 aliphatic carbocycles. The van der Waals surface area contributed by atoms with Gasteiger partial charge in [-0.2, -0.15) is 4.52 Å². The molecule has 5 rings (SSSR count). The molecule has 1 aliphatic rings. The van der Waals surface area contributed by atoms with E-state index in [4.69, 9.17) is 0 Å². The zero-order chi connectivity index (χ0) is 21.0. The highest BCUT2D eigenvalue weighted by Gasteiger charge is 2.19. The minimum absolute atomic E-state index is 0.769. The summed E-state index contributed by atoms with van der Waals surface area (Å²) in [4.78, 5) is 4.70. The molecule has 0 spiro atoms. The summed E-state index contributed by atoms with van der Waals surface area (Å²) >= 11 is 0. The van der Waals surface area contributed by atoms with Gasteiger partial charge in [0.2, 0.25) is 0 Å². The molecule has 4 aromatic rings. The molecule has 0 atom stereocenters. The van der Waals surface area contributed by atoms with E-state index < -0.39 is 0 Å². The van der Waals surface area contributed by atoms with Gasteiger partial charge in [-0.05, 0) is 35.2 Å². The third-order valence-corrected chi connectivity index (χ3v) is 5.88. The lowest BCUT2D eigenvalue weighted by Gasteiger charge is -2.37. The number of hydrogen-bond acceptors (Lipinski definition) is 5. The summed E-state index contributed by atoms with van der Waals surface area (Å²) in [6, 6.07) is 23.5. The number of nitrogens with zero attached hydrogens (tertiary/aromatic N) is 6. The molecule has 0 saturated carbocycles. The van der Waals surface area contributed by atoms with Gasteiger partial charge in [0.25, 0.3) is 0 Å². The van der Waals surface area contributed by atoms with Crippen LogP contribution in [0, 0.1) is 0 Å². The van der Waals surface area contributed by atoms with Crippen molar-refractivity contribution in [2.45, 2.75) is 12.8 Å². The number of rotatable bonds is 6. The second-order valence-electron chi connectivity index (χ2n) is 8.02. The molecule has 1 saturated heterocycles. The van der Waals surface area contributed by atoms with Crippen molar-refractivity contribution in [1.29, 1.82) is 0 Å². The van der Waals surface area contributed by atoms with Gasteiger partial charge >= 0.3 is 0 Å². The maximum absolute atomic E-state index is 4.61. The van der Waals surface area contributed by atoms with Crippen molar-refractivity contribution < 1.29 is 0 Å². The first-order chi connectivity index (χ1) is 15.2. The maximum atomic E-state index is 4.61. The predicted molar refractivity (Wildman–Crippen MR) is 123 cm³/mol. The first-order valence-electron chi connectivity index (χ1n) is 10.7. The fourth-order valence-electron chi connectivity index (χ4n) is 4.09. The normalized spacial score (nSPS) is 14.2. The molecule has 1 aliphatic heterocycles. The predicted octanol–water partition coefficient (Wildman–Crippen LogP) is 3.59. The Morgan fingerprint density at radius 2 is 1.52 bits per heavy atom. The molecule has 31 heavy (non-hydrogen) atoms. The molecule has 6 nitrogen and oxygen atoms in total. The van der Waals surface area contributed by atoms with Crippen LogP contribution in [0.25, 0.3) is 5.65 Å². The van der Waals surface area contributed by atoms with Crippen molar-refractivity contribution in [1.82, 2.24) is 24.7 Å². The molecule has 0 bridgehead atoms. The van der Waals surface area contributed by atoms with Crippen molar-refractivity contribution in [3.05, 3.63) is 102 Å². The van der Waals surface area contributed by atoms with Crippen LogP contribution in [0.3, 0.4) is 0 Å². The van der Waals surface area contributed by atoms with Crippen LogP contribution < -0.4 is 4.90 Å². The van der Waals surface area contributed by atoms with E-state index in [1.54, 1.807) is 10.8 Å². The number of anilines is 1. The summed E-state index contributed by atoms with van der Waals surface area (Å²) in [5.41, 5.74) is 5.94. The van der Waals surface area contributed by atoms with E-state index in [0.717, 1.165) is 50.5 Å². The second kappa shape index (κ2) is 8.60. The van der Waals surface area contributed by atoms with Gasteiger partial charge in [-0.3, -0.25) is 0 Å². The fourth-order valence-corrected chi connectivity index (χ4v) is 4.09. The summed E-state index contributed by atoms with van der Waals surface area (Å²) in [7, 11) is 0. The van der Waals surface area contributed by atoms with Crippen molar-refractivity contribution in [3.63, 3.8) is 0 Å². The van der Waals surface area contributed by atoms with E-state index in [1.807, 2.05) is 12.1 Å². The largest absolute Gasteiger partial charge is 0.371 e. The Morgan fingerprint density at radius 3 is 2.29 bits per heavy atom. The third-order valence-electron chi connectivity index (χ3n) is 5.88. The van der Waals surface area contributed by atoms with Crippen molar-refractivity contribution in [2.75, 3.05) is 31.1 Å². The van der Waals surface area contributed by atoms with E-state index in [-0.39, 0.29) is 0 Å². The molecule has 1 fully saturated rings. The number of piperazine rings is 1. The van der Waals surface area contributed by atoms with Gasteiger partial charge in [0, 0.05) is 38.3 Å². The van der Waals surface area contributed by atoms with Crippen LogP contribution in [-0.2, 0) is 12.8 Å². The maximum Gasteiger partial charge on any atom is 0.177 e. The van der Waals surface area contributed by atoms with E-state index >= 15 is 0 Å². The molecular weight excluding hydrogens is 384 g/mol. The lowest BCUT2D eigenvalue weighted by atomic mass is 10.0. The summed E-state index contributed by atoms with van der Waals surface area (Å²) in [6.45, 7) is 8.12. The van der Waals surface area contributed by atoms with E-state index in [2.05, 4.69) is 86.3 Å². The Hall–Kier alpha value is -3.67. The minimum atomic E-state index is 0.769. The average molecular weight is 411 g/mol. The SMILES string of the molecule is C=C(Cc1ccc(Cc2ccccc2)cc1)N1CCN(c2ccc3nncn3n2)CC1. The minimum Gasteiger partial charge on any atom is -0.371 e. The molecule has 0 unspecified atom stereocenters. The van der Waals surface area contributed by atoms with Gasteiger partial charge < -0.3 is 9.80 Å². The van der Waals surface area contributed by atoms with Gasteiger partial charge in [0.05, 0.1) is 0 Å². The second-order valence-corrected chi connectivity index (χ2v) is 8.02. The van der Waals surface area contributed by atoms with Crippen molar-refractivity contribution >= 4 is 11.5 Å². The van der Waals surface area contributed by atoms with E-state index in [0.29, 0.717) is 0 Å². The fraction of sp³-hybridized carbons (Fsp3) is 0.240.